The molecule has 1 nitrogen and oxygen atoms in total. The van der Waals surface area contributed by atoms with Crippen LogP contribution in [0.2, 0.25) is 0 Å². The van der Waals surface area contributed by atoms with Gasteiger partial charge in [0.05, 0.1) is 0 Å². The minimum atomic E-state index is 0.436. The SMILES string of the molecule is CC1CCC(c2cccc3c2C(C)c2c(Nc4ccccc4C4CCCCC4)cccc2-3)CC1. The van der Waals surface area contributed by atoms with Crippen molar-refractivity contribution in [2.75, 3.05) is 5.32 Å². The first-order valence-electron chi connectivity index (χ1n) is 13.8. The molecule has 0 aromatic heterocycles. The molecule has 0 amide bonds. The van der Waals surface area contributed by atoms with Gasteiger partial charge in [0.1, 0.15) is 0 Å². The molecular formula is C33H39N. The van der Waals surface area contributed by atoms with Crippen LogP contribution >= 0.6 is 0 Å². The first-order chi connectivity index (χ1) is 16.7. The van der Waals surface area contributed by atoms with E-state index in [0.29, 0.717) is 11.8 Å². The number of rotatable bonds is 4. The van der Waals surface area contributed by atoms with Crippen LogP contribution in [0.1, 0.15) is 112 Å². The molecule has 1 unspecified atom stereocenters. The van der Waals surface area contributed by atoms with E-state index in [2.05, 4.69) is 79.8 Å². The second-order valence-corrected chi connectivity index (χ2v) is 11.3. The summed E-state index contributed by atoms with van der Waals surface area (Å²) in [6.45, 7) is 4.87. The fourth-order valence-electron chi connectivity index (χ4n) is 7.27. The van der Waals surface area contributed by atoms with Crippen molar-refractivity contribution < 1.29 is 0 Å². The Bertz CT molecular complexity index is 1160. The van der Waals surface area contributed by atoms with E-state index in [9.17, 15) is 0 Å². The normalized spacial score (nSPS) is 24.5. The molecule has 3 aliphatic rings. The topological polar surface area (TPSA) is 12.0 Å². The molecule has 0 bridgehead atoms. The molecule has 0 aliphatic heterocycles. The van der Waals surface area contributed by atoms with Gasteiger partial charge in [-0.3, -0.25) is 0 Å². The van der Waals surface area contributed by atoms with E-state index in [0.717, 1.165) is 11.8 Å². The fraction of sp³-hybridized carbons (Fsp3) is 0.455. The first-order valence-corrected chi connectivity index (χ1v) is 13.8. The molecule has 34 heavy (non-hydrogen) atoms. The summed E-state index contributed by atoms with van der Waals surface area (Å²) in [6, 6.07) is 23.1. The smallest absolute Gasteiger partial charge is 0.0429 e. The monoisotopic (exact) mass is 449 g/mol. The van der Waals surface area contributed by atoms with E-state index in [4.69, 9.17) is 0 Å². The van der Waals surface area contributed by atoms with Gasteiger partial charge in [-0.1, -0.05) is 94.5 Å². The summed E-state index contributed by atoms with van der Waals surface area (Å²) in [6.07, 6.45) is 12.2. The van der Waals surface area contributed by atoms with Gasteiger partial charge < -0.3 is 5.32 Å². The van der Waals surface area contributed by atoms with Gasteiger partial charge in [0, 0.05) is 17.3 Å². The summed E-state index contributed by atoms with van der Waals surface area (Å²) >= 11 is 0. The van der Waals surface area contributed by atoms with Crippen LogP contribution in [-0.2, 0) is 0 Å². The number of hydrogen-bond donors (Lipinski definition) is 1. The molecule has 6 rings (SSSR count). The first kappa shape index (κ1) is 22.0. The summed E-state index contributed by atoms with van der Waals surface area (Å²) in [5, 5.41) is 3.94. The third kappa shape index (κ3) is 3.88. The zero-order chi connectivity index (χ0) is 23.1. The lowest BCUT2D eigenvalue weighted by Crippen LogP contribution is -2.13. The zero-order valence-corrected chi connectivity index (χ0v) is 20.9. The summed E-state index contributed by atoms with van der Waals surface area (Å²) in [5.74, 6) is 2.75. The van der Waals surface area contributed by atoms with Gasteiger partial charge in [-0.05, 0) is 89.0 Å². The Morgan fingerprint density at radius 3 is 1.97 bits per heavy atom. The van der Waals surface area contributed by atoms with Gasteiger partial charge in [-0.15, -0.1) is 0 Å². The minimum Gasteiger partial charge on any atom is -0.355 e. The van der Waals surface area contributed by atoms with E-state index in [1.807, 2.05) is 0 Å². The maximum atomic E-state index is 3.94. The molecule has 1 heteroatoms. The van der Waals surface area contributed by atoms with E-state index in [-0.39, 0.29) is 0 Å². The van der Waals surface area contributed by atoms with Crippen molar-refractivity contribution in [2.45, 2.75) is 89.4 Å². The number of anilines is 2. The van der Waals surface area contributed by atoms with Gasteiger partial charge in [0.25, 0.3) is 0 Å². The highest BCUT2D eigenvalue weighted by Crippen LogP contribution is 2.52. The lowest BCUT2D eigenvalue weighted by atomic mass is 9.76. The van der Waals surface area contributed by atoms with Crippen molar-refractivity contribution >= 4 is 11.4 Å². The number of nitrogens with one attached hydrogen (secondary N) is 1. The summed E-state index contributed by atoms with van der Waals surface area (Å²) in [7, 11) is 0. The lowest BCUT2D eigenvalue weighted by Gasteiger charge is -2.29. The van der Waals surface area contributed by atoms with Crippen molar-refractivity contribution in [1.29, 1.82) is 0 Å². The molecule has 0 spiro atoms. The quantitative estimate of drug-likeness (QED) is 0.418. The standard InChI is InChI=1S/C33H39N/c1-22-18-20-25(21-19-22)27-13-8-14-28-29-15-9-17-31(33(29)23(2)32(27)28)34-30-16-7-6-12-26(30)24-10-4-3-5-11-24/h6-9,12-17,22-25,34H,3-5,10-11,18-21H2,1-2H3. The molecule has 3 aromatic carbocycles. The molecule has 3 aliphatic carbocycles. The molecule has 1 N–H and O–H groups in total. The van der Waals surface area contributed by atoms with Crippen molar-refractivity contribution in [2.24, 2.45) is 5.92 Å². The average Bonchev–Trinajstić information content (AvgIpc) is 3.18. The Morgan fingerprint density at radius 1 is 0.559 bits per heavy atom. The van der Waals surface area contributed by atoms with E-state index >= 15 is 0 Å². The Balaban J connectivity index is 1.36. The second-order valence-electron chi connectivity index (χ2n) is 11.3. The molecule has 176 valence electrons. The predicted molar refractivity (Wildman–Crippen MR) is 145 cm³/mol. The van der Waals surface area contributed by atoms with Crippen LogP contribution in [0.25, 0.3) is 11.1 Å². The fourth-order valence-corrected chi connectivity index (χ4v) is 7.27. The van der Waals surface area contributed by atoms with Crippen LogP contribution in [0.5, 0.6) is 0 Å². The zero-order valence-electron chi connectivity index (χ0n) is 20.9. The summed E-state index contributed by atoms with van der Waals surface area (Å²) < 4.78 is 0. The molecule has 0 saturated heterocycles. The second kappa shape index (κ2) is 9.25. The lowest BCUT2D eigenvalue weighted by molar-refractivity contribution is 0.347. The number of hydrogen-bond acceptors (Lipinski definition) is 1. The van der Waals surface area contributed by atoms with E-state index in [1.54, 1.807) is 11.1 Å². The largest absolute Gasteiger partial charge is 0.355 e. The third-order valence-electron chi connectivity index (χ3n) is 9.13. The Labute approximate surface area is 206 Å². The van der Waals surface area contributed by atoms with Crippen LogP contribution in [0.15, 0.2) is 60.7 Å². The molecular weight excluding hydrogens is 410 g/mol. The Kier molecular flexibility index (Phi) is 5.97. The molecule has 0 radical (unpaired) electrons. The maximum absolute atomic E-state index is 3.94. The Morgan fingerprint density at radius 2 is 1.18 bits per heavy atom. The van der Waals surface area contributed by atoms with Gasteiger partial charge in [-0.2, -0.15) is 0 Å². The number of fused-ring (bicyclic) bond motifs is 3. The highest BCUT2D eigenvalue weighted by molar-refractivity contribution is 5.86. The van der Waals surface area contributed by atoms with Crippen LogP contribution in [-0.4, -0.2) is 0 Å². The highest BCUT2D eigenvalue weighted by Gasteiger charge is 2.33. The van der Waals surface area contributed by atoms with Crippen LogP contribution in [0.3, 0.4) is 0 Å². The van der Waals surface area contributed by atoms with Crippen LogP contribution in [0, 0.1) is 5.92 Å². The number of benzene rings is 3. The molecule has 2 saturated carbocycles. The molecule has 3 aromatic rings. The van der Waals surface area contributed by atoms with Crippen LogP contribution < -0.4 is 5.32 Å². The third-order valence-corrected chi connectivity index (χ3v) is 9.13. The number of para-hydroxylation sites is 1. The van der Waals surface area contributed by atoms with Gasteiger partial charge >= 0.3 is 0 Å². The summed E-state index contributed by atoms with van der Waals surface area (Å²) in [5.41, 5.74) is 11.8. The molecule has 1 atom stereocenters. The van der Waals surface area contributed by atoms with E-state index in [1.165, 1.54) is 91.4 Å². The summed E-state index contributed by atoms with van der Waals surface area (Å²) in [4.78, 5) is 0. The maximum Gasteiger partial charge on any atom is 0.0429 e. The highest BCUT2D eigenvalue weighted by atomic mass is 14.9. The van der Waals surface area contributed by atoms with Crippen molar-refractivity contribution in [3.63, 3.8) is 0 Å². The van der Waals surface area contributed by atoms with Crippen LogP contribution in [0.4, 0.5) is 11.4 Å². The molecule has 0 heterocycles. The van der Waals surface area contributed by atoms with Crippen molar-refractivity contribution in [3.8, 4) is 11.1 Å². The molecule has 2 fully saturated rings. The van der Waals surface area contributed by atoms with Gasteiger partial charge in [0.15, 0.2) is 0 Å². The van der Waals surface area contributed by atoms with E-state index < -0.39 is 0 Å². The van der Waals surface area contributed by atoms with Crippen molar-refractivity contribution in [3.05, 3.63) is 82.9 Å². The van der Waals surface area contributed by atoms with Gasteiger partial charge in [0.2, 0.25) is 0 Å². The minimum absolute atomic E-state index is 0.436. The predicted octanol–water partition coefficient (Wildman–Crippen LogP) is 9.90. The average molecular weight is 450 g/mol. The Hall–Kier alpha value is -2.54. The van der Waals surface area contributed by atoms with Gasteiger partial charge in [-0.25, -0.2) is 0 Å². The van der Waals surface area contributed by atoms with Crippen molar-refractivity contribution in [1.82, 2.24) is 0 Å².